The van der Waals surface area contributed by atoms with Crippen LogP contribution in [0.25, 0.3) is 0 Å². The lowest BCUT2D eigenvalue weighted by Crippen LogP contribution is -2.24. The second-order valence-corrected chi connectivity index (χ2v) is 4.78. The second kappa shape index (κ2) is 5.47. The lowest BCUT2D eigenvalue weighted by molar-refractivity contribution is 0.259. The topological polar surface area (TPSA) is 29.1 Å². The van der Waals surface area contributed by atoms with Crippen LogP contribution in [0.3, 0.4) is 0 Å². The molecule has 0 heterocycles. The molecule has 0 atom stereocenters. The predicted octanol–water partition coefficient (Wildman–Crippen LogP) is 2.49. The van der Waals surface area contributed by atoms with E-state index in [9.17, 15) is 4.79 Å². The molecule has 0 bridgehead atoms. The van der Waals surface area contributed by atoms with Crippen LogP contribution in [0.15, 0.2) is 0 Å². The highest BCUT2D eigenvalue weighted by molar-refractivity contribution is 8.14. The van der Waals surface area contributed by atoms with E-state index in [1.165, 1.54) is 11.8 Å². The highest BCUT2D eigenvalue weighted by Gasteiger charge is 2.04. The molecule has 0 radical (unpaired) electrons. The van der Waals surface area contributed by atoms with Gasteiger partial charge in [-0.05, 0) is 5.92 Å². The standard InChI is InChI=1S/C8H17NOS/c1-6(2)5-9-8(10)11-7(3)4/h6-7H,5H2,1-4H3,(H,9,10). The Balaban J connectivity index is 3.38. The van der Waals surface area contributed by atoms with Crippen molar-refractivity contribution in [2.24, 2.45) is 5.92 Å². The lowest BCUT2D eigenvalue weighted by Gasteiger charge is -2.07. The van der Waals surface area contributed by atoms with Crippen molar-refractivity contribution in [3.05, 3.63) is 0 Å². The molecule has 66 valence electrons. The molecule has 0 aromatic heterocycles. The molecular weight excluding hydrogens is 158 g/mol. The Morgan fingerprint density at radius 2 is 1.91 bits per heavy atom. The van der Waals surface area contributed by atoms with Gasteiger partial charge in [-0.3, -0.25) is 4.79 Å². The molecule has 0 aliphatic carbocycles. The van der Waals surface area contributed by atoms with Gasteiger partial charge in [0.15, 0.2) is 0 Å². The summed E-state index contributed by atoms with van der Waals surface area (Å²) in [5.41, 5.74) is 0. The number of hydrogen-bond acceptors (Lipinski definition) is 2. The minimum absolute atomic E-state index is 0.0914. The van der Waals surface area contributed by atoms with Crippen molar-refractivity contribution in [3.8, 4) is 0 Å². The molecule has 0 spiro atoms. The first-order valence-corrected chi connectivity index (χ1v) is 4.84. The van der Waals surface area contributed by atoms with Gasteiger partial charge in [0.25, 0.3) is 5.24 Å². The molecular formula is C8H17NOS. The minimum Gasteiger partial charge on any atom is -0.347 e. The Hall–Kier alpha value is -0.180. The molecule has 11 heavy (non-hydrogen) atoms. The van der Waals surface area contributed by atoms with Gasteiger partial charge in [-0.15, -0.1) is 0 Å². The smallest absolute Gasteiger partial charge is 0.279 e. The lowest BCUT2D eigenvalue weighted by atomic mass is 10.2. The van der Waals surface area contributed by atoms with Crippen LogP contribution in [0.4, 0.5) is 4.79 Å². The fraction of sp³-hybridized carbons (Fsp3) is 0.875. The number of thioether (sulfide) groups is 1. The summed E-state index contributed by atoms with van der Waals surface area (Å²) in [4.78, 5) is 11.0. The molecule has 2 nitrogen and oxygen atoms in total. The Kier molecular flexibility index (Phi) is 5.38. The van der Waals surface area contributed by atoms with E-state index in [4.69, 9.17) is 0 Å². The number of hydrogen-bond donors (Lipinski definition) is 1. The van der Waals surface area contributed by atoms with E-state index in [2.05, 4.69) is 19.2 Å². The van der Waals surface area contributed by atoms with E-state index in [1.54, 1.807) is 0 Å². The summed E-state index contributed by atoms with van der Waals surface area (Å²) in [6.45, 7) is 8.97. The second-order valence-electron chi connectivity index (χ2n) is 3.23. The SMILES string of the molecule is CC(C)CNC(=O)SC(C)C. The van der Waals surface area contributed by atoms with E-state index in [0.717, 1.165) is 6.54 Å². The fourth-order valence-corrected chi connectivity index (χ4v) is 1.14. The van der Waals surface area contributed by atoms with Gasteiger partial charge in [-0.25, -0.2) is 0 Å². The number of amides is 1. The minimum atomic E-state index is 0.0914. The van der Waals surface area contributed by atoms with Crippen molar-refractivity contribution < 1.29 is 4.79 Å². The van der Waals surface area contributed by atoms with Crippen LogP contribution in [-0.4, -0.2) is 17.0 Å². The molecule has 1 amide bonds. The van der Waals surface area contributed by atoms with Crippen molar-refractivity contribution in [2.45, 2.75) is 32.9 Å². The van der Waals surface area contributed by atoms with Gasteiger partial charge in [0.05, 0.1) is 0 Å². The molecule has 0 saturated carbocycles. The number of carbonyl (C=O) groups is 1. The maximum Gasteiger partial charge on any atom is 0.279 e. The van der Waals surface area contributed by atoms with Gasteiger partial charge in [-0.2, -0.15) is 0 Å². The first kappa shape index (κ1) is 10.8. The first-order chi connectivity index (χ1) is 5.02. The molecule has 0 unspecified atom stereocenters. The normalized spacial score (nSPS) is 10.7. The predicted molar refractivity (Wildman–Crippen MR) is 51.0 cm³/mol. The van der Waals surface area contributed by atoms with E-state index in [0.29, 0.717) is 11.2 Å². The summed E-state index contributed by atoms with van der Waals surface area (Å²) in [6.07, 6.45) is 0. The third-order valence-corrected chi connectivity index (χ3v) is 1.83. The van der Waals surface area contributed by atoms with Crippen LogP contribution in [-0.2, 0) is 0 Å². The number of rotatable bonds is 3. The highest BCUT2D eigenvalue weighted by Crippen LogP contribution is 2.09. The number of nitrogens with one attached hydrogen (secondary N) is 1. The van der Waals surface area contributed by atoms with Crippen molar-refractivity contribution in [1.82, 2.24) is 5.32 Å². The van der Waals surface area contributed by atoms with E-state index < -0.39 is 0 Å². The summed E-state index contributed by atoms with van der Waals surface area (Å²) < 4.78 is 0. The Labute approximate surface area is 73.1 Å². The van der Waals surface area contributed by atoms with Crippen LogP contribution in [0, 0.1) is 5.92 Å². The van der Waals surface area contributed by atoms with Crippen molar-refractivity contribution in [1.29, 1.82) is 0 Å². The zero-order chi connectivity index (χ0) is 8.85. The molecule has 0 aromatic rings. The Morgan fingerprint density at radius 3 is 2.27 bits per heavy atom. The van der Waals surface area contributed by atoms with Crippen LogP contribution < -0.4 is 5.32 Å². The molecule has 0 rings (SSSR count). The molecule has 0 aromatic carbocycles. The van der Waals surface area contributed by atoms with Gasteiger partial charge in [0.1, 0.15) is 0 Å². The van der Waals surface area contributed by atoms with Gasteiger partial charge in [-0.1, -0.05) is 39.5 Å². The third kappa shape index (κ3) is 7.72. The summed E-state index contributed by atoms with van der Waals surface area (Å²) in [6, 6.07) is 0. The molecule has 3 heteroatoms. The Morgan fingerprint density at radius 1 is 1.36 bits per heavy atom. The first-order valence-electron chi connectivity index (χ1n) is 3.97. The highest BCUT2D eigenvalue weighted by atomic mass is 32.2. The summed E-state index contributed by atoms with van der Waals surface area (Å²) in [5, 5.41) is 3.31. The van der Waals surface area contributed by atoms with Crippen LogP contribution in [0.5, 0.6) is 0 Å². The van der Waals surface area contributed by atoms with Gasteiger partial charge >= 0.3 is 0 Å². The largest absolute Gasteiger partial charge is 0.347 e. The van der Waals surface area contributed by atoms with Crippen molar-refractivity contribution in [2.75, 3.05) is 6.54 Å². The number of carbonyl (C=O) groups excluding carboxylic acids is 1. The van der Waals surface area contributed by atoms with Gasteiger partial charge < -0.3 is 5.32 Å². The third-order valence-electron chi connectivity index (χ3n) is 0.997. The van der Waals surface area contributed by atoms with E-state index >= 15 is 0 Å². The molecule has 0 saturated heterocycles. The zero-order valence-electron chi connectivity index (χ0n) is 7.68. The Bertz CT molecular complexity index is 123. The maximum atomic E-state index is 11.0. The fourth-order valence-electron chi connectivity index (χ4n) is 0.543. The molecule has 0 fully saturated rings. The van der Waals surface area contributed by atoms with Crippen LogP contribution in [0.1, 0.15) is 27.7 Å². The molecule has 0 aliphatic heterocycles. The summed E-state index contributed by atoms with van der Waals surface area (Å²) in [5.74, 6) is 0.534. The average molecular weight is 175 g/mol. The van der Waals surface area contributed by atoms with E-state index in [-0.39, 0.29) is 5.24 Å². The molecule has 0 aliphatic rings. The molecule has 1 N–H and O–H groups in total. The van der Waals surface area contributed by atoms with Crippen molar-refractivity contribution >= 4 is 17.0 Å². The van der Waals surface area contributed by atoms with Crippen LogP contribution in [0.2, 0.25) is 0 Å². The zero-order valence-corrected chi connectivity index (χ0v) is 8.49. The summed E-state index contributed by atoms with van der Waals surface area (Å²) >= 11 is 1.35. The average Bonchev–Trinajstić information content (AvgIpc) is 1.82. The quantitative estimate of drug-likeness (QED) is 0.714. The van der Waals surface area contributed by atoms with Gasteiger partial charge in [0.2, 0.25) is 0 Å². The summed E-state index contributed by atoms with van der Waals surface area (Å²) in [7, 11) is 0. The monoisotopic (exact) mass is 175 g/mol. The van der Waals surface area contributed by atoms with Crippen LogP contribution >= 0.6 is 11.8 Å². The van der Waals surface area contributed by atoms with E-state index in [1.807, 2.05) is 13.8 Å². The van der Waals surface area contributed by atoms with Gasteiger partial charge in [0, 0.05) is 11.8 Å². The van der Waals surface area contributed by atoms with Crippen molar-refractivity contribution in [3.63, 3.8) is 0 Å². The maximum absolute atomic E-state index is 11.0.